The predicted molar refractivity (Wildman–Crippen MR) is 94.6 cm³/mol. The number of carbonyl (C=O) groups is 2. The fourth-order valence-electron chi connectivity index (χ4n) is 2.03. The van der Waals surface area contributed by atoms with Crippen molar-refractivity contribution in [1.82, 2.24) is 5.32 Å². The first-order valence-electron chi connectivity index (χ1n) is 7.29. The number of rotatable bonds is 7. The van der Waals surface area contributed by atoms with Crippen molar-refractivity contribution in [2.75, 3.05) is 11.3 Å². The van der Waals surface area contributed by atoms with Gasteiger partial charge in [-0.15, -0.1) is 0 Å². The third kappa shape index (κ3) is 5.43. The van der Waals surface area contributed by atoms with Gasteiger partial charge in [-0.1, -0.05) is 23.7 Å². The Bertz CT molecular complexity index is 933. The first kappa shape index (κ1) is 19.7. The highest BCUT2D eigenvalue weighted by Gasteiger charge is 2.19. The van der Waals surface area contributed by atoms with Crippen LogP contribution in [0.15, 0.2) is 47.4 Å². The van der Waals surface area contributed by atoms with Crippen molar-refractivity contribution in [3.8, 4) is 0 Å². The summed E-state index contributed by atoms with van der Waals surface area (Å²) in [5, 5.41) is 2.42. The lowest BCUT2D eigenvalue weighted by Crippen LogP contribution is -2.34. The van der Waals surface area contributed by atoms with Crippen molar-refractivity contribution in [3.05, 3.63) is 58.9 Å². The highest BCUT2D eigenvalue weighted by Crippen LogP contribution is 2.22. The number of nitrogens with one attached hydrogen (secondary N) is 2. The van der Waals surface area contributed by atoms with Crippen LogP contribution in [0.5, 0.6) is 0 Å². The smallest absolute Gasteiger partial charge is 0.264 e. The van der Waals surface area contributed by atoms with Gasteiger partial charge in [0.15, 0.2) is 0 Å². The lowest BCUT2D eigenvalue weighted by molar-refractivity contribution is -0.124. The van der Waals surface area contributed by atoms with Crippen LogP contribution in [0, 0.1) is 5.82 Å². The largest absolute Gasteiger partial charge is 0.368 e. The molecule has 0 heterocycles. The van der Waals surface area contributed by atoms with Crippen LogP contribution in [0.2, 0.25) is 5.02 Å². The molecule has 0 spiro atoms. The predicted octanol–water partition coefficient (Wildman–Crippen LogP) is 1.42. The summed E-state index contributed by atoms with van der Waals surface area (Å²) >= 11 is 5.61. The van der Waals surface area contributed by atoms with E-state index >= 15 is 0 Å². The maximum atomic E-state index is 13.8. The third-order valence-electron chi connectivity index (χ3n) is 3.21. The standard InChI is InChI=1S/C16H15ClFN3O4S/c17-11-3-6-14(13(18)8-11)26(24,25)21-12-4-1-10(2-5-12)7-16(23)20-9-15(19)22/h1-6,8,21H,7,9H2,(H2,19,22)(H,20,23). The Morgan fingerprint density at radius 2 is 1.77 bits per heavy atom. The van der Waals surface area contributed by atoms with Crippen LogP contribution in [0.4, 0.5) is 10.1 Å². The molecule has 0 saturated heterocycles. The monoisotopic (exact) mass is 399 g/mol. The van der Waals surface area contributed by atoms with E-state index in [9.17, 15) is 22.4 Å². The van der Waals surface area contributed by atoms with Crippen LogP contribution >= 0.6 is 11.6 Å². The Morgan fingerprint density at radius 1 is 1.12 bits per heavy atom. The Morgan fingerprint density at radius 3 is 2.35 bits per heavy atom. The molecule has 2 aromatic carbocycles. The van der Waals surface area contributed by atoms with Crippen molar-refractivity contribution < 1.29 is 22.4 Å². The van der Waals surface area contributed by atoms with E-state index in [1.165, 1.54) is 30.3 Å². The number of hydrogen-bond donors (Lipinski definition) is 3. The van der Waals surface area contributed by atoms with E-state index in [-0.39, 0.29) is 23.7 Å². The first-order valence-corrected chi connectivity index (χ1v) is 9.15. The average Bonchev–Trinajstić information content (AvgIpc) is 2.54. The molecule has 0 bridgehead atoms. The number of benzene rings is 2. The van der Waals surface area contributed by atoms with Crippen LogP contribution in [0.1, 0.15) is 5.56 Å². The number of halogens is 2. The lowest BCUT2D eigenvalue weighted by atomic mass is 10.1. The lowest BCUT2D eigenvalue weighted by Gasteiger charge is -2.10. The van der Waals surface area contributed by atoms with Gasteiger partial charge in [-0.05, 0) is 35.9 Å². The summed E-state index contributed by atoms with van der Waals surface area (Å²) in [5.74, 6) is -2.02. The molecular weight excluding hydrogens is 385 g/mol. The molecule has 0 fully saturated rings. The van der Waals surface area contributed by atoms with Gasteiger partial charge in [0.05, 0.1) is 13.0 Å². The number of anilines is 1. The minimum absolute atomic E-state index is 0.00781. The van der Waals surface area contributed by atoms with Gasteiger partial charge in [0.2, 0.25) is 11.8 Å². The van der Waals surface area contributed by atoms with Crippen molar-refractivity contribution in [3.63, 3.8) is 0 Å². The summed E-state index contributed by atoms with van der Waals surface area (Å²) < 4.78 is 40.5. The number of primary amides is 1. The quantitative estimate of drug-likeness (QED) is 0.652. The van der Waals surface area contributed by atoms with Crippen LogP contribution < -0.4 is 15.8 Å². The van der Waals surface area contributed by atoms with Crippen molar-refractivity contribution in [1.29, 1.82) is 0 Å². The maximum absolute atomic E-state index is 13.8. The molecule has 0 aliphatic carbocycles. The van der Waals surface area contributed by atoms with Crippen LogP contribution in [0.25, 0.3) is 0 Å². The minimum atomic E-state index is -4.13. The molecule has 0 radical (unpaired) electrons. The number of nitrogens with two attached hydrogens (primary N) is 1. The molecule has 0 atom stereocenters. The van der Waals surface area contributed by atoms with E-state index in [0.29, 0.717) is 5.56 Å². The molecule has 138 valence electrons. The summed E-state index contributed by atoms with van der Waals surface area (Å²) in [6, 6.07) is 9.17. The van der Waals surface area contributed by atoms with Gasteiger partial charge in [0, 0.05) is 10.7 Å². The van der Waals surface area contributed by atoms with Crippen LogP contribution in [-0.2, 0) is 26.0 Å². The van der Waals surface area contributed by atoms with Crippen molar-refractivity contribution in [2.45, 2.75) is 11.3 Å². The second kappa shape index (κ2) is 8.15. The van der Waals surface area contributed by atoms with Gasteiger partial charge in [0.25, 0.3) is 10.0 Å². The second-order valence-electron chi connectivity index (χ2n) is 5.30. The Balaban J connectivity index is 2.06. The maximum Gasteiger partial charge on any atom is 0.264 e. The van der Waals surface area contributed by atoms with Gasteiger partial charge in [-0.2, -0.15) is 0 Å². The summed E-state index contributed by atoms with van der Waals surface area (Å²) in [6.45, 7) is -0.261. The van der Waals surface area contributed by atoms with E-state index in [1.54, 1.807) is 0 Å². The fourth-order valence-corrected chi connectivity index (χ4v) is 3.31. The van der Waals surface area contributed by atoms with Gasteiger partial charge in [-0.3, -0.25) is 14.3 Å². The third-order valence-corrected chi connectivity index (χ3v) is 4.86. The number of sulfonamides is 1. The topological polar surface area (TPSA) is 118 Å². The zero-order valence-electron chi connectivity index (χ0n) is 13.3. The van der Waals surface area contributed by atoms with E-state index in [4.69, 9.17) is 17.3 Å². The minimum Gasteiger partial charge on any atom is -0.368 e. The SMILES string of the molecule is NC(=O)CNC(=O)Cc1ccc(NS(=O)(=O)c2ccc(Cl)cc2F)cc1. The Hall–Kier alpha value is -2.65. The summed E-state index contributed by atoms with van der Waals surface area (Å²) in [4.78, 5) is 21.7. The molecule has 2 rings (SSSR count). The molecule has 7 nitrogen and oxygen atoms in total. The number of amides is 2. The van der Waals surface area contributed by atoms with Gasteiger partial charge < -0.3 is 11.1 Å². The molecule has 2 amide bonds. The van der Waals surface area contributed by atoms with Crippen molar-refractivity contribution in [2.24, 2.45) is 5.73 Å². The van der Waals surface area contributed by atoms with Crippen LogP contribution in [0.3, 0.4) is 0 Å². The van der Waals surface area contributed by atoms with Gasteiger partial charge >= 0.3 is 0 Å². The Kier molecular flexibility index (Phi) is 6.17. The fraction of sp³-hybridized carbons (Fsp3) is 0.125. The van der Waals surface area contributed by atoms with Gasteiger partial charge in [-0.25, -0.2) is 12.8 Å². The highest BCUT2D eigenvalue weighted by atomic mass is 35.5. The highest BCUT2D eigenvalue weighted by molar-refractivity contribution is 7.92. The second-order valence-corrected chi connectivity index (χ2v) is 7.38. The Labute approximate surface area is 154 Å². The first-order chi connectivity index (χ1) is 12.2. The molecule has 0 aliphatic heterocycles. The molecular formula is C16H15ClFN3O4S. The van der Waals surface area contributed by atoms with E-state index in [1.807, 2.05) is 0 Å². The van der Waals surface area contributed by atoms with Crippen LogP contribution in [-0.4, -0.2) is 26.8 Å². The van der Waals surface area contributed by atoms with Crippen molar-refractivity contribution >= 4 is 39.1 Å². The number of carbonyl (C=O) groups excluding carboxylic acids is 2. The molecule has 0 saturated carbocycles. The van der Waals surface area contributed by atoms with E-state index in [2.05, 4.69) is 10.0 Å². The average molecular weight is 400 g/mol. The zero-order valence-corrected chi connectivity index (χ0v) is 14.9. The molecule has 26 heavy (non-hydrogen) atoms. The molecule has 4 N–H and O–H groups in total. The molecule has 0 aromatic heterocycles. The van der Waals surface area contributed by atoms with Gasteiger partial charge in [0.1, 0.15) is 10.7 Å². The normalized spacial score (nSPS) is 11.0. The molecule has 0 unspecified atom stereocenters. The van der Waals surface area contributed by atoms with E-state index in [0.717, 1.165) is 12.1 Å². The molecule has 2 aromatic rings. The summed E-state index contributed by atoms with van der Waals surface area (Å²) in [7, 11) is -4.13. The molecule has 10 heteroatoms. The number of hydrogen-bond acceptors (Lipinski definition) is 4. The zero-order chi connectivity index (χ0) is 19.3. The van der Waals surface area contributed by atoms with E-state index < -0.39 is 32.6 Å². The summed E-state index contributed by atoms with van der Waals surface area (Å²) in [6.07, 6.45) is -0.00781. The molecule has 0 aliphatic rings. The summed E-state index contributed by atoms with van der Waals surface area (Å²) in [5.41, 5.74) is 5.71.